The van der Waals surface area contributed by atoms with Crippen LogP contribution in [-0.2, 0) is 0 Å². The molecule has 0 spiro atoms. The van der Waals surface area contributed by atoms with Gasteiger partial charge in [0.2, 0.25) is 0 Å². The summed E-state index contributed by atoms with van der Waals surface area (Å²) in [4.78, 5) is 9.56. The van der Waals surface area contributed by atoms with Crippen molar-refractivity contribution in [1.82, 2.24) is 9.97 Å². The highest BCUT2D eigenvalue weighted by atomic mass is 35.5. The van der Waals surface area contributed by atoms with Gasteiger partial charge in [0.05, 0.1) is 11.4 Å². The highest BCUT2D eigenvalue weighted by Gasteiger charge is 2.14. The van der Waals surface area contributed by atoms with E-state index < -0.39 is 0 Å². The first-order chi connectivity index (χ1) is 21.2. The average molecular weight is 571 g/mol. The van der Waals surface area contributed by atoms with Gasteiger partial charge in [-0.1, -0.05) is 133 Å². The van der Waals surface area contributed by atoms with Gasteiger partial charge in [0.1, 0.15) is 0 Å². The number of aromatic nitrogens is 2. The van der Waals surface area contributed by atoms with Crippen molar-refractivity contribution in [2.45, 2.75) is 0 Å². The fourth-order valence-electron chi connectivity index (χ4n) is 5.54. The number of hydrogen-bond acceptors (Lipinski definition) is 2. The minimum absolute atomic E-state index is 0.687. The van der Waals surface area contributed by atoms with E-state index in [4.69, 9.17) is 21.6 Å². The molecule has 2 aromatic heterocycles. The summed E-state index contributed by atoms with van der Waals surface area (Å²) >= 11 is 6.80. The summed E-state index contributed by atoms with van der Waals surface area (Å²) in [6.07, 6.45) is 3.90. The number of nitrogens with zero attached hydrogens (tertiary/aromatic N) is 2. The van der Waals surface area contributed by atoms with E-state index in [2.05, 4.69) is 103 Å². The molecule has 0 aliphatic heterocycles. The molecule has 7 rings (SSSR count). The van der Waals surface area contributed by atoms with Gasteiger partial charge in [0, 0.05) is 39.7 Å². The molecule has 5 aromatic carbocycles. The highest BCUT2D eigenvalue weighted by Crippen LogP contribution is 2.39. The van der Waals surface area contributed by atoms with Gasteiger partial charge in [0.15, 0.2) is 0 Å². The number of hydrogen-bond donors (Lipinski definition) is 0. The van der Waals surface area contributed by atoms with E-state index >= 15 is 0 Å². The van der Waals surface area contributed by atoms with E-state index in [1.807, 2.05) is 60.9 Å². The Morgan fingerprint density at radius 1 is 0.326 bits per heavy atom. The van der Waals surface area contributed by atoms with Crippen molar-refractivity contribution in [3.05, 3.63) is 169 Å². The second kappa shape index (κ2) is 11.9. The van der Waals surface area contributed by atoms with Gasteiger partial charge < -0.3 is 0 Å². The maximum absolute atomic E-state index is 6.80. The maximum Gasteiger partial charge on any atom is 0.0702 e. The van der Waals surface area contributed by atoms with E-state index in [-0.39, 0.29) is 0 Å². The first-order valence-corrected chi connectivity index (χ1v) is 14.6. The Morgan fingerprint density at radius 2 is 0.698 bits per heavy atom. The fraction of sp³-hybridized carbons (Fsp3) is 0. The van der Waals surface area contributed by atoms with Crippen molar-refractivity contribution >= 4 is 11.6 Å². The monoisotopic (exact) mass is 570 g/mol. The number of pyridine rings is 2. The summed E-state index contributed by atoms with van der Waals surface area (Å²) in [6, 6.07) is 52.1. The van der Waals surface area contributed by atoms with Crippen LogP contribution in [0.25, 0.3) is 67.0 Å². The molecular formula is C40H27ClN2. The predicted octanol–water partition coefficient (Wildman–Crippen LogP) is 11.1. The van der Waals surface area contributed by atoms with Gasteiger partial charge in [-0.15, -0.1) is 0 Å². The molecule has 0 aliphatic rings. The Labute approximate surface area is 257 Å². The summed E-state index contributed by atoms with van der Waals surface area (Å²) in [6.45, 7) is 0. The standard InChI is InChI=1S/C40H27ClN2/c41-34-24-32(37-17-9-7-15-35(37)30-19-21-39(42-26-30)28-11-3-1-4-12-28)23-33(25-34)38-18-10-8-16-36(38)31-20-22-40(43-27-31)29-13-5-2-6-14-29/h1-27H. The van der Waals surface area contributed by atoms with E-state index in [9.17, 15) is 0 Å². The summed E-state index contributed by atoms with van der Waals surface area (Å²) in [5, 5.41) is 0.687. The number of benzene rings is 5. The fourth-order valence-corrected chi connectivity index (χ4v) is 5.77. The van der Waals surface area contributed by atoms with E-state index in [1.54, 1.807) is 0 Å². The minimum atomic E-state index is 0.687. The second-order valence-electron chi connectivity index (χ2n) is 10.4. The SMILES string of the molecule is Clc1cc(-c2ccccc2-c2ccc(-c3ccccc3)nc2)cc(-c2ccccc2-c2ccc(-c3ccccc3)nc2)c1. The van der Waals surface area contributed by atoms with E-state index in [1.165, 1.54) is 0 Å². The first kappa shape index (κ1) is 26.6. The van der Waals surface area contributed by atoms with Crippen molar-refractivity contribution in [3.8, 4) is 67.0 Å². The molecule has 204 valence electrons. The van der Waals surface area contributed by atoms with Crippen LogP contribution in [-0.4, -0.2) is 9.97 Å². The van der Waals surface area contributed by atoms with Crippen molar-refractivity contribution in [2.24, 2.45) is 0 Å². The molecule has 2 nitrogen and oxygen atoms in total. The third-order valence-corrected chi connectivity index (χ3v) is 7.88. The minimum Gasteiger partial charge on any atom is -0.256 e. The van der Waals surface area contributed by atoms with E-state index in [0.717, 1.165) is 67.0 Å². The van der Waals surface area contributed by atoms with Gasteiger partial charge in [-0.2, -0.15) is 0 Å². The summed E-state index contributed by atoms with van der Waals surface area (Å²) in [5.74, 6) is 0. The van der Waals surface area contributed by atoms with Crippen LogP contribution in [0.3, 0.4) is 0 Å². The molecule has 0 radical (unpaired) electrons. The van der Waals surface area contributed by atoms with Crippen molar-refractivity contribution in [2.75, 3.05) is 0 Å². The lowest BCUT2D eigenvalue weighted by Gasteiger charge is -2.15. The Kier molecular flexibility index (Phi) is 7.35. The quantitative estimate of drug-likeness (QED) is 0.199. The van der Waals surface area contributed by atoms with Gasteiger partial charge in [-0.05, 0) is 63.7 Å². The third-order valence-electron chi connectivity index (χ3n) is 7.66. The second-order valence-corrected chi connectivity index (χ2v) is 10.9. The van der Waals surface area contributed by atoms with Crippen molar-refractivity contribution in [3.63, 3.8) is 0 Å². The molecule has 3 heteroatoms. The molecule has 0 aliphatic carbocycles. The molecule has 0 saturated carbocycles. The van der Waals surface area contributed by atoms with Crippen LogP contribution >= 0.6 is 11.6 Å². The van der Waals surface area contributed by atoms with Crippen LogP contribution in [0.4, 0.5) is 0 Å². The Hall–Kier alpha value is -5.31. The van der Waals surface area contributed by atoms with Gasteiger partial charge in [-0.25, -0.2) is 0 Å². The molecular weight excluding hydrogens is 544 g/mol. The first-order valence-electron chi connectivity index (χ1n) is 14.3. The lowest BCUT2D eigenvalue weighted by Crippen LogP contribution is -1.91. The lowest BCUT2D eigenvalue weighted by atomic mass is 9.90. The smallest absolute Gasteiger partial charge is 0.0702 e. The summed E-state index contributed by atoms with van der Waals surface area (Å²) < 4.78 is 0. The number of halogens is 1. The molecule has 0 unspecified atom stereocenters. The van der Waals surface area contributed by atoms with Crippen LogP contribution in [0.2, 0.25) is 5.02 Å². The zero-order valence-electron chi connectivity index (χ0n) is 23.4. The summed E-state index contributed by atoms with van der Waals surface area (Å²) in [7, 11) is 0. The molecule has 0 atom stereocenters. The Bertz CT molecular complexity index is 1860. The zero-order chi connectivity index (χ0) is 29.0. The Balaban J connectivity index is 1.26. The molecule has 7 aromatic rings. The van der Waals surface area contributed by atoms with Gasteiger partial charge in [0.25, 0.3) is 0 Å². The van der Waals surface area contributed by atoms with Gasteiger partial charge in [-0.3, -0.25) is 9.97 Å². The van der Waals surface area contributed by atoms with E-state index in [0.29, 0.717) is 5.02 Å². The van der Waals surface area contributed by atoms with Crippen LogP contribution in [0, 0.1) is 0 Å². The Morgan fingerprint density at radius 3 is 1.07 bits per heavy atom. The zero-order valence-corrected chi connectivity index (χ0v) is 24.1. The molecule has 2 heterocycles. The van der Waals surface area contributed by atoms with Gasteiger partial charge >= 0.3 is 0 Å². The number of rotatable bonds is 6. The van der Waals surface area contributed by atoms with Crippen LogP contribution < -0.4 is 0 Å². The van der Waals surface area contributed by atoms with Crippen molar-refractivity contribution in [1.29, 1.82) is 0 Å². The maximum atomic E-state index is 6.80. The molecule has 0 fully saturated rings. The topological polar surface area (TPSA) is 25.8 Å². The molecule has 0 amide bonds. The van der Waals surface area contributed by atoms with Crippen molar-refractivity contribution < 1.29 is 0 Å². The normalized spacial score (nSPS) is 10.9. The molecule has 0 saturated heterocycles. The average Bonchev–Trinajstić information content (AvgIpc) is 3.09. The largest absolute Gasteiger partial charge is 0.256 e. The summed E-state index contributed by atoms with van der Waals surface area (Å²) in [5.41, 5.74) is 12.8. The third kappa shape index (κ3) is 5.61. The van der Waals surface area contributed by atoms with Crippen LogP contribution in [0.15, 0.2) is 164 Å². The molecule has 43 heavy (non-hydrogen) atoms. The highest BCUT2D eigenvalue weighted by molar-refractivity contribution is 6.31. The van der Waals surface area contributed by atoms with Crippen LogP contribution in [0.1, 0.15) is 0 Å². The molecule has 0 bridgehead atoms. The predicted molar refractivity (Wildman–Crippen MR) is 180 cm³/mol. The lowest BCUT2D eigenvalue weighted by molar-refractivity contribution is 1.32. The van der Waals surface area contributed by atoms with Crippen LogP contribution in [0.5, 0.6) is 0 Å². The molecule has 0 N–H and O–H groups in total.